The van der Waals surface area contributed by atoms with Crippen LogP contribution in [0.5, 0.6) is 5.75 Å². The first kappa shape index (κ1) is 15.3. The fourth-order valence-electron chi connectivity index (χ4n) is 1.65. The third kappa shape index (κ3) is 3.33. The van der Waals surface area contributed by atoms with Gasteiger partial charge in [0.2, 0.25) is 0 Å². The van der Waals surface area contributed by atoms with Crippen molar-refractivity contribution in [3.63, 3.8) is 0 Å². The number of hydrogen-bond donors (Lipinski definition) is 2. The SMILES string of the molecule is CNSC1=C(S)Sc2cc(OC)c(N(C)C)cc2S1. The van der Waals surface area contributed by atoms with Gasteiger partial charge in [-0.15, -0.1) is 12.6 Å². The molecule has 0 saturated carbocycles. The Morgan fingerprint density at radius 1 is 1.26 bits per heavy atom. The third-order valence-electron chi connectivity index (χ3n) is 2.51. The van der Waals surface area contributed by atoms with Crippen LogP contribution in [0, 0.1) is 0 Å². The second kappa shape index (κ2) is 6.58. The highest BCUT2D eigenvalue weighted by atomic mass is 32.2. The van der Waals surface area contributed by atoms with Gasteiger partial charge in [-0.2, -0.15) is 0 Å². The van der Waals surface area contributed by atoms with Gasteiger partial charge in [-0.3, -0.25) is 4.72 Å². The number of anilines is 1. The van der Waals surface area contributed by atoms with Crippen molar-refractivity contribution in [1.29, 1.82) is 0 Å². The number of hydrogen-bond acceptors (Lipinski definition) is 7. The van der Waals surface area contributed by atoms with Crippen LogP contribution in [0.15, 0.2) is 30.4 Å². The van der Waals surface area contributed by atoms with Gasteiger partial charge >= 0.3 is 0 Å². The Kier molecular flexibility index (Phi) is 5.30. The van der Waals surface area contributed by atoms with Gasteiger partial charge in [0.05, 0.1) is 21.3 Å². The maximum Gasteiger partial charge on any atom is 0.143 e. The van der Waals surface area contributed by atoms with Gasteiger partial charge in [-0.05, 0) is 31.1 Å². The first-order valence-electron chi connectivity index (χ1n) is 5.58. The molecule has 1 aromatic rings. The molecule has 0 atom stereocenters. The Balaban J connectivity index is 2.40. The monoisotopic (exact) mass is 332 g/mol. The van der Waals surface area contributed by atoms with Crippen LogP contribution in [-0.2, 0) is 0 Å². The van der Waals surface area contributed by atoms with E-state index in [1.807, 2.05) is 21.1 Å². The van der Waals surface area contributed by atoms with Crippen LogP contribution in [0.4, 0.5) is 5.69 Å². The second-order valence-corrected chi connectivity index (χ2v) is 8.10. The highest BCUT2D eigenvalue weighted by Gasteiger charge is 2.21. The molecule has 3 nitrogen and oxygen atoms in total. The highest BCUT2D eigenvalue weighted by Crippen LogP contribution is 2.53. The van der Waals surface area contributed by atoms with Crippen LogP contribution in [0.25, 0.3) is 0 Å². The Labute approximate surface area is 132 Å². The lowest BCUT2D eigenvalue weighted by atomic mass is 10.2. The molecule has 2 rings (SSSR count). The number of methoxy groups -OCH3 is 1. The number of thiol groups is 1. The van der Waals surface area contributed by atoms with Crippen molar-refractivity contribution in [2.24, 2.45) is 0 Å². The lowest BCUT2D eigenvalue weighted by Crippen LogP contribution is -2.10. The van der Waals surface area contributed by atoms with Crippen molar-refractivity contribution in [2.75, 3.05) is 33.2 Å². The molecule has 0 unspecified atom stereocenters. The summed E-state index contributed by atoms with van der Waals surface area (Å²) < 4.78 is 10.8. The Bertz CT molecular complexity index is 517. The van der Waals surface area contributed by atoms with Gasteiger partial charge < -0.3 is 9.64 Å². The van der Waals surface area contributed by atoms with E-state index in [4.69, 9.17) is 4.74 Å². The second-order valence-electron chi connectivity index (χ2n) is 3.97. The average Bonchev–Trinajstić information content (AvgIpc) is 2.38. The van der Waals surface area contributed by atoms with Crippen LogP contribution in [0.1, 0.15) is 0 Å². The van der Waals surface area contributed by atoms with E-state index in [0.717, 1.165) is 15.7 Å². The Morgan fingerprint density at radius 2 is 1.95 bits per heavy atom. The highest BCUT2D eigenvalue weighted by molar-refractivity contribution is 8.26. The van der Waals surface area contributed by atoms with Crippen molar-refractivity contribution in [1.82, 2.24) is 4.72 Å². The van der Waals surface area contributed by atoms with E-state index >= 15 is 0 Å². The predicted molar refractivity (Wildman–Crippen MR) is 91.7 cm³/mol. The van der Waals surface area contributed by atoms with E-state index in [-0.39, 0.29) is 0 Å². The normalized spacial score (nSPS) is 14.4. The molecule has 0 fully saturated rings. The standard InChI is InChI=1S/C12H16N2OS4/c1-13-19-12-11(16)17-10-6-8(15-4)7(14(2)3)5-9(10)18-12/h5-6,13,16H,1-4H3. The number of thioether (sulfide) groups is 2. The van der Waals surface area contributed by atoms with E-state index in [0.29, 0.717) is 0 Å². The number of rotatable bonds is 4. The van der Waals surface area contributed by atoms with E-state index in [1.165, 1.54) is 14.0 Å². The van der Waals surface area contributed by atoms with Crippen molar-refractivity contribution >= 4 is 53.8 Å². The quantitative estimate of drug-likeness (QED) is 0.641. The molecule has 1 aromatic carbocycles. The summed E-state index contributed by atoms with van der Waals surface area (Å²) in [5.74, 6) is 0.891. The topological polar surface area (TPSA) is 24.5 Å². The predicted octanol–water partition coefficient (Wildman–Crippen LogP) is 3.88. The number of nitrogens with zero attached hydrogens (tertiary/aromatic N) is 1. The number of ether oxygens (including phenoxy) is 1. The van der Waals surface area contributed by atoms with Crippen molar-refractivity contribution in [3.05, 3.63) is 20.6 Å². The summed E-state index contributed by atoms with van der Waals surface area (Å²) in [6.07, 6.45) is 0. The van der Waals surface area contributed by atoms with Crippen LogP contribution in [0.3, 0.4) is 0 Å². The molecule has 1 heterocycles. The minimum absolute atomic E-state index is 0.891. The largest absolute Gasteiger partial charge is 0.495 e. The third-order valence-corrected chi connectivity index (χ3v) is 6.69. The summed E-state index contributed by atoms with van der Waals surface area (Å²) in [7, 11) is 7.66. The summed E-state index contributed by atoms with van der Waals surface area (Å²) in [5, 5.41) is 0. The first-order chi connectivity index (χ1) is 9.06. The van der Waals surface area contributed by atoms with Gasteiger partial charge in [-0.1, -0.05) is 23.5 Å². The maximum absolute atomic E-state index is 5.46. The van der Waals surface area contributed by atoms with E-state index in [2.05, 4.69) is 34.4 Å². The van der Waals surface area contributed by atoms with Crippen LogP contribution in [0.2, 0.25) is 0 Å². The van der Waals surface area contributed by atoms with Crippen LogP contribution < -0.4 is 14.4 Å². The van der Waals surface area contributed by atoms with Gasteiger partial charge in [-0.25, -0.2) is 0 Å². The van der Waals surface area contributed by atoms with E-state index in [9.17, 15) is 0 Å². The fraction of sp³-hybridized carbons (Fsp3) is 0.333. The lowest BCUT2D eigenvalue weighted by Gasteiger charge is -2.23. The smallest absolute Gasteiger partial charge is 0.143 e. The van der Waals surface area contributed by atoms with Gasteiger partial charge in [0.25, 0.3) is 0 Å². The molecule has 0 amide bonds. The van der Waals surface area contributed by atoms with Crippen molar-refractivity contribution in [2.45, 2.75) is 9.79 Å². The first-order valence-corrected chi connectivity index (χ1v) is 8.48. The fourth-order valence-corrected chi connectivity index (χ4v) is 5.16. The Morgan fingerprint density at radius 3 is 2.53 bits per heavy atom. The zero-order valence-electron chi connectivity index (χ0n) is 11.2. The summed E-state index contributed by atoms with van der Waals surface area (Å²) in [6.45, 7) is 0. The molecule has 0 saturated heterocycles. The molecule has 0 radical (unpaired) electrons. The van der Waals surface area contributed by atoms with Crippen molar-refractivity contribution in [3.8, 4) is 5.75 Å². The molecule has 0 aromatic heterocycles. The summed E-state index contributed by atoms with van der Waals surface area (Å²) >= 11 is 9.57. The number of nitrogens with one attached hydrogen (secondary N) is 1. The Hall–Kier alpha value is -0.0800. The summed E-state index contributed by atoms with van der Waals surface area (Å²) in [5.41, 5.74) is 1.09. The zero-order valence-corrected chi connectivity index (χ0v) is 14.5. The van der Waals surface area contributed by atoms with E-state index < -0.39 is 0 Å². The van der Waals surface area contributed by atoms with Crippen molar-refractivity contribution < 1.29 is 4.74 Å². The van der Waals surface area contributed by atoms with E-state index in [1.54, 1.807) is 42.6 Å². The summed E-state index contributed by atoms with van der Waals surface area (Å²) in [6, 6.07) is 4.25. The minimum Gasteiger partial charge on any atom is -0.495 e. The molecule has 1 N–H and O–H groups in total. The molecule has 0 spiro atoms. The van der Waals surface area contributed by atoms with Gasteiger partial charge in [0, 0.05) is 23.9 Å². The molecule has 7 heteroatoms. The maximum atomic E-state index is 5.46. The molecular formula is C12H16N2OS4. The lowest BCUT2D eigenvalue weighted by molar-refractivity contribution is 0.414. The van der Waals surface area contributed by atoms with Crippen LogP contribution in [-0.4, -0.2) is 28.3 Å². The molecule has 104 valence electrons. The zero-order chi connectivity index (χ0) is 14.0. The molecule has 1 aliphatic heterocycles. The van der Waals surface area contributed by atoms with Crippen LogP contribution >= 0.6 is 48.1 Å². The van der Waals surface area contributed by atoms with Gasteiger partial charge in [0.15, 0.2) is 0 Å². The molecule has 1 aliphatic rings. The average molecular weight is 333 g/mol. The summed E-state index contributed by atoms with van der Waals surface area (Å²) in [4.78, 5) is 4.50. The molecule has 19 heavy (non-hydrogen) atoms. The number of benzene rings is 1. The molecule has 0 aliphatic carbocycles. The minimum atomic E-state index is 0.891. The van der Waals surface area contributed by atoms with Gasteiger partial charge in [0.1, 0.15) is 5.75 Å². The molecular weight excluding hydrogens is 316 g/mol. The number of fused-ring (bicyclic) bond motifs is 1. The molecule has 0 bridgehead atoms.